The number of nitrogens with zero attached hydrogens (tertiary/aromatic N) is 4. The molecule has 1 aromatic carbocycles. The maximum atomic E-state index is 13.3. The summed E-state index contributed by atoms with van der Waals surface area (Å²) in [7, 11) is 0. The highest BCUT2D eigenvalue weighted by atomic mass is 16.5. The van der Waals surface area contributed by atoms with E-state index in [-0.39, 0.29) is 12.0 Å². The number of rotatable bonds is 7. The lowest BCUT2D eigenvalue weighted by molar-refractivity contribution is 0.0554. The van der Waals surface area contributed by atoms with Crippen LogP contribution in [0, 0.1) is 0 Å². The molecule has 0 radical (unpaired) electrons. The topological polar surface area (TPSA) is 60.2 Å². The monoisotopic (exact) mass is 402 g/mol. The van der Waals surface area contributed by atoms with E-state index in [0.29, 0.717) is 24.7 Å². The zero-order valence-electron chi connectivity index (χ0n) is 17.0. The molecule has 1 unspecified atom stereocenters. The fourth-order valence-corrected chi connectivity index (χ4v) is 3.99. The SMILES string of the molecule is O=C(c1cnc2c(c1)ncn2C1CC1)N(C/C=C/c1ccccc1)CC1CCCO1. The van der Waals surface area contributed by atoms with Gasteiger partial charge in [-0.05, 0) is 37.3 Å². The molecule has 1 aliphatic carbocycles. The summed E-state index contributed by atoms with van der Waals surface area (Å²) in [5.74, 6) is -0.0291. The van der Waals surface area contributed by atoms with E-state index in [0.717, 1.165) is 36.2 Å². The molecule has 1 amide bonds. The summed E-state index contributed by atoms with van der Waals surface area (Å²) in [5, 5.41) is 0. The van der Waals surface area contributed by atoms with Crippen molar-refractivity contribution >= 4 is 23.1 Å². The summed E-state index contributed by atoms with van der Waals surface area (Å²) >= 11 is 0. The van der Waals surface area contributed by atoms with Gasteiger partial charge in [0.05, 0.1) is 18.0 Å². The van der Waals surface area contributed by atoms with Gasteiger partial charge >= 0.3 is 0 Å². The molecule has 6 nitrogen and oxygen atoms in total. The van der Waals surface area contributed by atoms with E-state index in [9.17, 15) is 4.79 Å². The Bertz CT molecular complexity index is 1050. The molecule has 2 aliphatic rings. The average Bonchev–Trinajstić information content (AvgIpc) is 3.32. The van der Waals surface area contributed by atoms with Gasteiger partial charge in [-0.25, -0.2) is 9.97 Å². The van der Waals surface area contributed by atoms with E-state index in [1.807, 2.05) is 41.6 Å². The first kappa shape index (κ1) is 19.0. The van der Waals surface area contributed by atoms with Crippen LogP contribution in [0.25, 0.3) is 17.2 Å². The van der Waals surface area contributed by atoms with Crippen molar-refractivity contribution in [1.29, 1.82) is 0 Å². The van der Waals surface area contributed by atoms with Crippen LogP contribution in [-0.2, 0) is 4.74 Å². The lowest BCUT2D eigenvalue weighted by Gasteiger charge is -2.24. The van der Waals surface area contributed by atoms with Crippen LogP contribution in [0.15, 0.2) is 55.0 Å². The second-order valence-electron chi connectivity index (χ2n) is 8.11. The van der Waals surface area contributed by atoms with Crippen LogP contribution in [0.2, 0.25) is 0 Å². The zero-order chi connectivity index (χ0) is 20.3. The summed E-state index contributed by atoms with van der Waals surface area (Å²) in [6.07, 6.45) is 12.1. The van der Waals surface area contributed by atoms with Crippen molar-refractivity contribution < 1.29 is 9.53 Å². The standard InChI is InChI=1S/C24H26N4O2/c29-24(19-14-22-23(25-15-19)28(17-26-22)20-10-11-20)27(16-21-9-5-13-30-21)12-4-8-18-6-2-1-3-7-18/h1-4,6-8,14-15,17,20-21H,5,9-13,16H2/b8-4+. The fourth-order valence-electron chi connectivity index (χ4n) is 3.99. The van der Waals surface area contributed by atoms with Crippen LogP contribution in [0.5, 0.6) is 0 Å². The normalized spacial score (nSPS) is 19.0. The maximum Gasteiger partial charge on any atom is 0.255 e. The summed E-state index contributed by atoms with van der Waals surface area (Å²) in [6.45, 7) is 1.90. The minimum absolute atomic E-state index is 0.0291. The zero-order valence-corrected chi connectivity index (χ0v) is 17.0. The van der Waals surface area contributed by atoms with Crippen molar-refractivity contribution in [2.24, 2.45) is 0 Å². The number of benzene rings is 1. The van der Waals surface area contributed by atoms with Gasteiger partial charge in [0.25, 0.3) is 5.91 Å². The molecule has 5 rings (SSSR count). The third-order valence-corrected chi connectivity index (χ3v) is 5.77. The Kier molecular flexibility index (Phi) is 5.32. The van der Waals surface area contributed by atoms with Gasteiger partial charge in [0, 0.05) is 31.9 Å². The molecule has 1 aliphatic heterocycles. The molecule has 1 atom stereocenters. The molecule has 0 N–H and O–H groups in total. The molecule has 1 saturated heterocycles. The summed E-state index contributed by atoms with van der Waals surface area (Å²) < 4.78 is 7.91. The molecule has 2 aromatic heterocycles. The number of fused-ring (bicyclic) bond motifs is 1. The number of pyridine rings is 1. The number of hydrogen-bond donors (Lipinski definition) is 0. The number of carbonyl (C=O) groups excluding carboxylic acids is 1. The highest BCUT2D eigenvalue weighted by molar-refractivity contribution is 5.96. The van der Waals surface area contributed by atoms with Gasteiger partial charge < -0.3 is 14.2 Å². The molecule has 0 spiro atoms. The molecule has 2 fully saturated rings. The Morgan fingerprint density at radius 1 is 1.20 bits per heavy atom. The van der Waals surface area contributed by atoms with Crippen LogP contribution in [0.3, 0.4) is 0 Å². The Balaban J connectivity index is 1.35. The number of aromatic nitrogens is 3. The van der Waals surface area contributed by atoms with E-state index >= 15 is 0 Å². The number of amides is 1. The van der Waals surface area contributed by atoms with Crippen molar-refractivity contribution in [3.05, 3.63) is 66.1 Å². The van der Waals surface area contributed by atoms with Gasteiger partial charge in [0.15, 0.2) is 5.65 Å². The largest absolute Gasteiger partial charge is 0.376 e. The number of imidazole rings is 1. The number of ether oxygens (including phenoxy) is 1. The molecule has 30 heavy (non-hydrogen) atoms. The quantitative estimate of drug-likeness (QED) is 0.597. The van der Waals surface area contributed by atoms with Crippen LogP contribution in [0.1, 0.15) is 47.6 Å². The number of carbonyl (C=O) groups is 1. The first-order valence-corrected chi connectivity index (χ1v) is 10.7. The molecule has 1 saturated carbocycles. The van der Waals surface area contributed by atoms with Gasteiger partial charge in [0.2, 0.25) is 0 Å². The maximum absolute atomic E-state index is 13.3. The van der Waals surface area contributed by atoms with Gasteiger partial charge in [-0.2, -0.15) is 0 Å². The van der Waals surface area contributed by atoms with Crippen molar-refractivity contribution in [3.8, 4) is 0 Å². The molecular formula is C24H26N4O2. The molecule has 6 heteroatoms. The van der Waals surface area contributed by atoms with Crippen LogP contribution in [0.4, 0.5) is 0 Å². The Morgan fingerprint density at radius 3 is 2.83 bits per heavy atom. The summed E-state index contributed by atoms with van der Waals surface area (Å²) in [4.78, 5) is 24.2. The Hall–Kier alpha value is -2.99. The van der Waals surface area contributed by atoms with E-state index in [1.54, 1.807) is 6.20 Å². The van der Waals surface area contributed by atoms with Crippen LogP contribution < -0.4 is 0 Å². The first-order chi connectivity index (χ1) is 14.8. The third kappa shape index (κ3) is 4.14. The minimum atomic E-state index is -0.0291. The fraction of sp³-hybridized carbons (Fsp3) is 0.375. The van der Waals surface area contributed by atoms with E-state index in [4.69, 9.17) is 4.74 Å². The lowest BCUT2D eigenvalue weighted by atomic mass is 10.1. The van der Waals surface area contributed by atoms with E-state index in [1.165, 1.54) is 12.8 Å². The summed E-state index contributed by atoms with van der Waals surface area (Å²) in [6, 6.07) is 12.5. The third-order valence-electron chi connectivity index (χ3n) is 5.77. The highest BCUT2D eigenvalue weighted by Gasteiger charge is 2.27. The molecular weight excluding hydrogens is 376 g/mol. The van der Waals surface area contributed by atoms with Gasteiger partial charge in [-0.1, -0.05) is 42.5 Å². The Morgan fingerprint density at radius 2 is 2.07 bits per heavy atom. The van der Waals surface area contributed by atoms with E-state index < -0.39 is 0 Å². The summed E-state index contributed by atoms with van der Waals surface area (Å²) in [5.41, 5.74) is 3.35. The second kappa shape index (κ2) is 8.40. The van der Waals surface area contributed by atoms with Crippen molar-refractivity contribution in [2.75, 3.05) is 19.7 Å². The van der Waals surface area contributed by atoms with Crippen molar-refractivity contribution in [3.63, 3.8) is 0 Å². The van der Waals surface area contributed by atoms with Crippen LogP contribution in [-0.4, -0.2) is 51.1 Å². The molecule has 3 heterocycles. The molecule has 154 valence electrons. The smallest absolute Gasteiger partial charge is 0.255 e. The van der Waals surface area contributed by atoms with Gasteiger partial charge in [0.1, 0.15) is 5.52 Å². The Labute approximate surface area is 176 Å². The van der Waals surface area contributed by atoms with E-state index in [2.05, 4.69) is 32.7 Å². The van der Waals surface area contributed by atoms with Crippen molar-refractivity contribution in [2.45, 2.75) is 37.8 Å². The van der Waals surface area contributed by atoms with Gasteiger partial charge in [-0.15, -0.1) is 0 Å². The highest BCUT2D eigenvalue weighted by Crippen LogP contribution is 2.36. The molecule has 0 bridgehead atoms. The predicted molar refractivity (Wildman–Crippen MR) is 116 cm³/mol. The molecule has 3 aromatic rings. The second-order valence-corrected chi connectivity index (χ2v) is 8.11. The van der Waals surface area contributed by atoms with Crippen molar-refractivity contribution in [1.82, 2.24) is 19.4 Å². The van der Waals surface area contributed by atoms with Gasteiger partial charge in [-0.3, -0.25) is 4.79 Å². The van der Waals surface area contributed by atoms with Crippen LogP contribution >= 0.6 is 0 Å². The average molecular weight is 402 g/mol. The predicted octanol–water partition coefficient (Wildman–Crippen LogP) is 4.10. The number of hydrogen-bond acceptors (Lipinski definition) is 4. The first-order valence-electron chi connectivity index (χ1n) is 10.7. The minimum Gasteiger partial charge on any atom is -0.376 e. The lowest BCUT2D eigenvalue weighted by Crippen LogP contribution is -2.37.